The van der Waals surface area contributed by atoms with Crippen LogP contribution in [0.25, 0.3) is 11.3 Å². The van der Waals surface area contributed by atoms with Crippen molar-refractivity contribution in [2.45, 2.75) is 6.42 Å². The Morgan fingerprint density at radius 2 is 2.19 bits per heavy atom. The quantitative estimate of drug-likeness (QED) is 0.872. The van der Waals surface area contributed by atoms with E-state index in [9.17, 15) is 0 Å². The van der Waals surface area contributed by atoms with Gasteiger partial charge in [-0.3, -0.25) is 0 Å². The highest BCUT2D eigenvalue weighted by Gasteiger charge is 2.20. The van der Waals surface area contributed by atoms with Crippen molar-refractivity contribution in [2.24, 2.45) is 0 Å². The molecular formula is C11H9BrN2O2. The molecule has 1 aliphatic rings. The van der Waals surface area contributed by atoms with Crippen molar-refractivity contribution in [3.63, 3.8) is 0 Å². The number of hydrogen-bond acceptors (Lipinski definition) is 4. The first-order chi connectivity index (χ1) is 7.74. The first kappa shape index (κ1) is 9.72. The van der Waals surface area contributed by atoms with Gasteiger partial charge >= 0.3 is 0 Å². The summed E-state index contributed by atoms with van der Waals surface area (Å²) in [6, 6.07) is 5.71. The van der Waals surface area contributed by atoms with Gasteiger partial charge in [0.05, 0.1) is 12.2 Å². The van der Waals surface area contributed by atoms with E-state index in [0.717, 1.165) is 22.2 Å². The molecule has 2 aromatic rings. The lowest BCUT2D eigenvalue weighted by Gasteiger charge is -2.05. The van der Waals surface area contributed by atoms with Gasteiger partial charge < -0.3 is 15.0 Å². The van der Waals surface area contributed by atoms with Crippen molar-refractivity contribution in [3.05, 3.63) is 28.2 Å². The summed E-state index contributed by atoms with van der Waals surface area (Å²) in [5, 5.41) is 3.68. The number of nitrogens with two attached hydrogens (primary N) is 1. The topological polar surface area (TPSA) is 61.3 Å². The molecule has 0 fully saturated rings. The third-order valence-corrected chi connectivity index (χ3v) is 3.00. The number of halogens is 1. The van der Waals surface area contributed by atoms with Gasteiger partial charge in [0, 0.05) is 17.0 Å². The fourth-order valence-electron chi connectivity index (χ4n) is 1.87. The molecule has 0 spiro atoms. The molecule has 2 N–H and O–H groups in total. The predicted octanol–water partition coefficient (Wildman–Crippen LogP) is 2.62. The summed E-state index contributed by atoms with van der Waals surface area (Å²) in [4.78, 5) is 0. The maximum Gasteiger partial charge on any atom is 0.172 e. The van der Waals surface area contributed by atoms with Crippen LogP contribution in [0, 0.1) is 0 Å². The van der Waals surface area contributed by atoms with Gasteiger partial charge in [0.25, 0.3) is 0 Å². The summed E-state index contributed by atoms with van der Waals surface area (Å²) >= 11 is 3.47. The molecule has 2 heterocycles. The Bertz CT molecular complexity index is 551. The van der Waals surface area contributed by atoms with Crippen LogP contribution in [-0.4, -0.2) is 11.8 Å². The standard InChI is InChI=1S/C11H9BrN2O2/c12-7-3-6-1-2-15-11(6)8(4-7)9-5-10(13)14-16-9/h3-5H,1-2H2,(H2,13,14). The highest BCUT2D eigenvalue weighted by molar-refractivity contribution is 9.10. The van der Waals surface area contributed by atoms with Crippen molar-refractivity contribution in [3.8, 4) is 17.1 Å². The van der Waals surface area contributed by atoms with Crippen LogP contribution in [0.15, 0.2) is 27.2 Å². The number of aromatic nitrogens is 1. The predicted molar refractivity (Wildman–Crippen MR) is 63.3 cm³/mol. The largest absolute Gasteiger partial charge is 0.492 e. The Hall–Kier alpha value is -1.49. The molecule has 0 saturated carbocycles. The van der Waals surface area contributed by atoms with Gasteiger partial charge in [-0.05, 0) is 17.7 Å². The van der Waals surface area contributed by atoms with E-state index in [0.29, 0.717) is 18.2 Å². The van der Waals surface area contributed by atoms with E-state index in [1.54, 1.807) is 6.07 Å². The number of benzene rings is 1. The zero-order chi connectivity index (χ0) is 11.1. The second-order valence-corrected chi connectivity index (χ2v) is 4.57. The number of nitrogens with zero attached hydrogens (tertiary/aromatic N) is 1. The molecule has 1 aromatic heterocycles. The summed E-state index contributed by atoms with van der Waals surface area (Å²) in [6.07, 6.45) is 0.922. The summed E-state index contributed by atoms with van der Waals surface area (Å²) in [5.41, 5.74) is 7.62. The summed E-state index contributed by atoms with van der Waals surface area (Å²) < 4.78 is 11.8. The second kappa shape index (κ2) is 3.52. The molecule has 1 aromatic carbocycles. The van der Waals surface area contributed by atoms with Crippen LogP contribution in [0.2, 0.25) is 0 Å². The Morgan fingerprint density at radius 3 is 2.94 bits per heavy atom. The lowest BCUT2D eigenvalue weighted by molar-refractivity contribution is 0.355. The van der Waals surface area contributed by atoms with Gasteiger partial charge in [0.15, 0.2) is 11.6 Å². The third-order valence-electron chi connectivity index (χ3n) is 2.54. The molecule has 5 heteroatoms. The first-order valence-corrected chi connectivity index (χ1v) is 5.71. The van der Waals surface area contributed by atoms with Crippen LogP contribution in [0.3, 0.4) is 0 Å². The molecule has 1 aliphatic heterocycles. The number of anilines is 1. The Kier molecular flexibility index (Phi) is 2.14. The maximum absolute atomic E-state index is 5.60. The van der Waals surface area contributed by atoms with E-state index < -0.39 is 0 Å². The first-order valence-electron chi connectivity index (χ1n) is 4.92. The number of nitrogen functional groups attached to an aromatic ring is 1. The van der Waals surface area contributed by atoms with E-state index in [4.69, 9.17) is 15.0 Å². The fraction of sp³-hybridized carbons (Fsp3) is 0.182. The van der Waals surface area contributed by atoms with Crippen LogP contribution in [0.4, 0.5) is 5.82 Å². The van der Waals surface area contributed by atoms with E-state index in [1.807, 2.05) is 6.07 Å². The average molecular weight is 281 g/mol. The molecule has 82 valence electrons. The zero-order valence-corrected chi connectivity index (χ0v) is 9.95. The van der Waals surface area contributed by atoms with Crippen molar-refractivity contribution < 1.29 is 9.26 Å². The smallest absolute Gasteiger partial charge is 0.172 e. The number of ether oxygens (including phenoxy) is 1. The SMILES string of the molecule is Nc1cc(-c2cc(Br)cc3c2OCC3)on1. The molecule has 0 radical (unpaired) electrons. The van der Waals surface area contributed by atoms with Crippen molar-refractivity contribution in [1.82, 2.24) is 5.16 Å². The minimum atomic E-state index is 0.377. The second-order valence-electron chi connectivity index (χ2n) is 3.66. The molecule has 0 saturated heterocycles. The average Bonchev–Trinajstić information content (AvgIpc) is 2.84. The minimum absolute atomic E-state index is 0.377. The number of rotatable bonds is 1. The maximum atomic E-state index is 5.60. The molecule has 0 amide bonds. The summed E-state index contributed by atoms with van der Waals surface area (Å²) in [7, 11) is 0. The van der Waals surface area contributed by atoms with Crippen LogP contribution in [0.1, 0.15) is 5.56 Å². The molecule has 4 nitrogen and oxygen atoms in total. The lowest BCUT2D eigenvalue weighted by Crippen LogP contribution is -1.88. The van der Waals surface area contributed by atoms with Crippen molar-refractivity contribution >= 4 is 21.7 Å². The van der Waals surface area contributed by atoms with E-state index >= 15 is 0 Å². The molecule has 16 heavy (non-hydrogen) atoms. The van der Waals surface area contributed by atoms with Gasteiger partial charge in [-0.15, -0.1) is 0 Å². The molecule has 3 rings (SSSR count). The van der Waals surface area contributed by atoms with Gasteiger partial charge in [-0.2, -0.15) is 0 Å². The molecule has 0 aliphatic carbocycles. The zero-order valence-electron chi connectivity index (χ0n) is 8.37. The molecule has 0 bridgehead atoms. The normalized spacial score (nSPS) is 13.6. The monoisotopic (exact) mass is 280 g/mol. The summed E-state index contributed by atoms with van der Waals surface area (Å²) in [6.45, 7) is 0.711. The van der Waals surface area contributed by atoms with Gasteiger partial charge in [0.1, 0.15) is 5.75 Å². The van der Waals surface area contributed by atoms with Crippen molar-refractivity contribution in [2.75, 3.05) is 12.3 Å². The molecule has 0 atom stereocenters. The van der Waals surface area contributed by atoms with Gasteiger partial charge in [-0.1, -0.05) is 21.1 Å². The number of hydrogen-bond donors (Lipinski definition) is 1. The highest BCUT2D eigenvalue weighted by atomic mass is 79.9. The lowest BCUT2D eigenvalue weighted by atomic mass is 10.1. The van der Waals surface area contributed by atoms with Crippen LogP contribution in [-0.2, 0) is 6.42 Å². The minimum Gasteiger partial charge on any atom is -0.492 e. The fourth-order valence-corrected chi connectivity index (χ4v) is 2.37. The Balaban J connectivity index is 2.20. The number of fused-ring (bicyclic) bond motifs is 1. The van der Waals surface area contributed by atoms with Crippen LogP contribution in [0.5, 0.6) is 5.75 Å². The summed E-state index contributed by atoms with van der Waals surface area (Å²) in [5.74, 6) is 1.89. The van der Waals surface area contributed by atoms with Gasteiger partial charge in [-0.25, -0.2) is 0 Å². The Morgan fingerprint density at radius 1 is 1.31 bits per heavy atom. The van der Waals surface area contributed by atoms with Crippen molar-refractivity contribution in [1.29, 1.82) is 0 Å². The van der Waals surface area contributed by atoms with E-state index in [2.05, 4.69) is 27.2 Å². The van der Waals surface area contributed by atoms with Gasteiger partial charge in [0.2, 0.25) is 0 Å². The van der Waals surface area contributed by atoms with Crippen LogP contribution >= 0.6 is 15.9 Å². The van der Waals surface area contributed by atoms with E-state index in [-0.39, 0.29) is 0 Å². The van der Waals surface area contributed by atoms with Crippen LogP contribution < -0.4 is 10.5 Å². The van der Waals surface area contributed by atoms with E-state index in [1.165, 1.54) is 5.56 Å². The Labute approximate surface area is 100 Å². The highest BCUT2D eigenvalue weighted by Crippen LogP contribution is 2.39. The molecule has 0 unspecified atom stereocenters. The molecular weight excluding hydrogens is 272 g/mol. The third kappa shape index (κ3) is 1.48.